The van der Waals surface area contributed by atoms with E-state index < -0.39 is 5.60 Å². The van der Waals surface area contributed by atoms with Crippen molar-refractivity contribution in [3.05, 3.63) is 71.8 Å². The molecule has 0 bridgehead atoms. The van der Waals surface area contributed by atoms with E-state index in [9.17, 15) is 14.7 Å². The van der Waals surface area contributed by atoms with Gasteiger partial charge in [0.1, 0.15) is 11.4 Å². The fourth-order valence-corrected chi connectivity index (χ4v) is 3.70. The maximum atomic E-state index is 13.2. The first kappa shape index (κ1) is 18.5. The second kappa shape index (κ2) is 7.94. The van der Waals surface area contributed by atoms with Crippen LogP contribution in [0.15, 0.2) is 60.7 Å². The number of hydrogen-bond acceptors (Lipinski definition) is 4. The first-order valence-corrected chi connectivity index (χ1v) is 9.09. The minimum atomic E-state index is -1.44. The average molecular weight is 351 g/mol. The van der Waals surface area contributed by atoms with Crippen LogP contribution < -0.4 is 0 Å². The minimum Gasteiger partial charge on any atom is -0.381 e. The largest absolute Gasteiger partial charge is 0.381 e. The lowest BCUT2D eigenvalue weighted by Gasteiger charge is -2.44. The van der Waals surface area contributed by atoms with E-state index in [4.69, 9.17) is 0 Å². The number of likely N-dealkylation sites (tertiary alicyclic amines) is 1. The number of nitrogens with zero attached hydrogens (tertiary/aromatic N) is 1. The van der Waals surface area contributed by atoms with Crippen LogP contribution in [-0.4, -0.2) is 46.8 Å². The zero-order valence-corrected chi connectivity index (χ0v) is 15.1. The van der Waals surface area contributed by atoms with Gasteiger partial charge in [0.15, 0.2) is 5.78 Å². The molecule has 136 valence electrons. The summed E-state index contributed by atoms with van der Waals surface area (Å²) in [5.74, 6) is -0.391. The molecular formula is C22H25NO3. The van der Waals surface area contributed by atoms with Gasteiger partial charge in [-0.05, 0) is 18.9 Å². The highest BCUT2D eigenvalue weighted by Crippen LogP contribution is 2.38. The molecule has 1 N–H and O–H groups in total. The highest BCUT2D eigenvalue weighted by atomic mass is 16.3. The van der Waals surface area contributed by atoms with E-state index >= 15 is 0 Å². The van der Waals surface area contributed by atoms with Crippen LogP contribution >= 0.6 is 0 Å². The summed E-state index contributed by atoms with van der Waals surface area (Å²) in [6, 6.07) is 18.7. The molecular weight excluding hydrogens is 326 g/mol. The number of carbonyl (C=O) groups is 2. The molecule has 0 aliphatic carbocycles. The Morgan fingerprint density at radius 1 is 1.08 bits per heavy atom. The van der Waals surface area contributed by atoms with E-state index in [1.165, 1.54) is 0 Å². The molecule has 1 aliphatic rings. The Kier molecular flexibility index (Phi) is 5.64. The molecule has 1 saturated heterocycles. The van der Waals surface area contributed by atoms with Crippen LogP contribution in [0, 0.1) is 0 Å². The molecule has 0 spiro atoms. The molecule has 4 heteroatoms. The highest BCUT2D eigenvalue weighted by Gasteiger charge is 2.47. The number of rotatable bonds is 6. The number of carbonyl (C=O) groups excluding carboxylic acids is 2. The van der Waals surface area contributed by atoms with Crippen molar-refractivity contribution in [1.29, 1.82) is 0 Å². The fourth-order valence-electron chi connectivity index (χ4n) is 3.70. The van der Waals surface area contributed by atoms with Crippen molar-refractivity contribution in [1.82, 2.24) is 4.90 Å². The molecule has 2 atom stereocenters. The normalized spacial score (nSPS) is 23.5. The van der Waals surface area contributed by atoms with Crippen molar-refractivity contribution in [2.24, 2.45) is 0 Å². The van der Waals surface area contributed by atoms with Crippen molar-refractivity contribution >= 4 is 11.6 Å². The third-order valence-electron chi connectivity index (χ3n) is 5.24. The van der Waals surface area contributed by atoms with Crippen LogP contribution in [0.3, 0.4) is 0 Å². The molecule has 0 saturated carbocycles. The monoisotopic (exact) mass is 351 g/mol. The van der Waals surface area contributed by atoms with E-state index in [-0.39, 0.29) is 17.5 Å². The van der Waals surface area contributed by atoms with Crippen LogP contribution in [0.1, 0.15) is 41.6 Å². The smallest absolute Gasteiger partial charge is 0.195 e. The molecule has 0 aromatic heterocycles. The van der Waals surface area contributed by atoms with Crippen molar-refractivity contribution in [2.75, 3.05) is 19.6 Å². The topological polar surface area (TPSA) is 57.6 Å². The van der Waals surface area contributed by atoms with Crippen LogP contribution in [-0.2, 0) is 4.79 Å². The third kappa shape index (κ3) is 3.92. The van der Waals surface area contributed by atoms with Gasteiger partial charge in [0.2, 0.25) is 0 Å². The molecule has 1 fully saturated rings. The Morgan fingerprint density at radius 3 is 2.31 bits per heavy atom. The molecule has 2 unspecified atom stereocenters. The van der Waals surface area contributed by atoms with Crippen molar-refractivity contribution < 1.29 is 14.7 Å². The summed E-state index contributed by atoms with van der Waals surface area (Å²) >= 11 is 0. The van der Waals surface area contributed by atoms with Gasteiger partial charge in [-0.15, -0.1) is 0 Å². The van der Waals surface area contributed by atoms with Gasteiger partial charge in [-0.3, -0.25) is 9.59 Å². The van der Waals surface area contributed by atoms with E-state index in [1.807, 2.05) is 48.5 Å². The lowest BCUT2D eigenvalue weighted by molar-refractivity contribution is -0.117. The fraction of sp³-hybridized carbons (Fsp3) is 0.364. The van der Waals surface area contributed by atoms with Crippen LogP contribution in [0.2, 0.25) is 0 Å². The molecule has 26 heavy (non-hydrogen) atoms. The Bertz CT molecular complexity index is 759. The van der Waals surface area contributed by atoms with E-state index in [0.29, 0.717) is 38.0 Å². The highest BCUT2D eigenvalue weighted by molar-refractivity contribution is 6.03. The number of benzene rings is 2. The van der Waals surface area contributed by atoms with Gasteiger partial charge < -0.3 is 10.0 Å². The Morgan fingerprint density at radius 2 is 1.69 bits per heavy atom. The van der Waals surface area contributed by atoms with Gasteiger partial charge >= 0.3 is 0 Å². The molecule has 0 amide bonds. The summed E-state index contributed by atoms with van der Waals surface area (Å²) in [6.07, 6.45) is 0.852. The quantitative estimate of drug-likeness (QED) is 0.813. The van der Waals surface area contributed by atoms with Crippen molar-refractivity contribution in [3.8, 4) is 0 Å². The van der Waals surface area contributed by atoms with Gasteiger partial charge in [0, 0.05) is 37.5 Å². The van der Waals surface area contributed by atoms with E-state index in [2.05, 4.69) is 4.90 Å². The van der Waals surface area contributed by atoms with Crippen molar-refractivity contribution in [3.63, 3.8) is 0 Å². The SMILES string of the molecule is CC(=O)CCN1CCC(O)(C(=O)c2ccccc2)C(c2ccccc2)C1. The van der Waals surface area contributed by atoms with E-state index in [0.717, 1.165) is 5.56 Å². The number of ketones is 2. The Balaban J connectivity index is 1.90. The maximum absolute atomic E-state index is 13.2. The number of hydrogen-bond donors (Lipinski definition) is 1. The van der Waals surface area contributed by atoms with Crippen molar-refractivity contribution in [2.45, 2.75) is 31.3 Å². The molecule has 2 aromatic carbocycles. The second-order valence-corrected chi connectivity index (χ2v) is 7.09. The predicted octanol–water partition coefficient (Wildman–Crippen LogP) is 3.07. The summed E-state index contributed by atoms with van der Waals surface area (Å²) in [7, 11) is 0. The second-order valence-electron chi connectivity index (χ2n) is 7.09. The number of Topliss-reactive ketones (excluding diaryl/α,β-unsaturated/α-hetero) is 2. The first-order valence-electron chi connectivity index (χ1n) is 9.09. The number of piperidine rings is 1. The van der Waals surface area contributed by atoms with Gasteiger partial charge in [-0.25, -0.2) is 0 Å². The zero-order valence-electron chi connectivity index (χ0n) is 15.1. The summed E-state index contributed by atoms with van der Waals surface area (Å²) in [5.41, 5.74) is 0.0510. The van der Waals surface area contributed by atoms with Crippen LogP contribution in [0.4, 0.5) is 0 Å². The maximum Gasteiger partial charge on any atom is 0.195 e. The van der Waals surface area contributed by atoms with Gasteiger partial charge in [0.25, 0.3) is 0 Å². The average Bonchev–Trinajstić information content (AvgIpc) is 2.68. The molecule has 0 radical (unpaired) electrons. The summed E-state index contributed by atoms with van der Waals surface area (Å²) in [6.45, 7) is 3.42. The predicted molar refractivity (Wildman–Crippen MR) is 101 cm³/mol. The molecule has 2 aromatic rings. The summed E-state index contributed by atoms with van der Waals surface area (Å²) in [5, 5.41) is 11.5. The number of aliphatic hydroxyl groups is 1. The molecule has 1 aliphatic heterocycles. The summed E-state index contributed by atoms with van der Waals surface area (Å²) in [4.78, 5) is 26.7. The van der Waals surface area contributed by atoms with Gasteiger partial charge in [-0.2, -0.15) is 0 Å². The standard InChI is InChI=1S/C22H25NO3/c1-17(24)12-14-23-15-13-22(26,21(25)19-10-6-3-7-11-19)20(16-23)18-8-4-2-5-9-18/h2-11,20,26H,12-16H2,1H3. The zero-order chi connectivity index (χ0) is 18.6. The molecule has 4 nitrogen and oxygen atoms in total. The Hall–Kier alpha value is -2.30. The Labute approximate surface area is 154 Å². The van der Waals surface area contributed by atoms with Gasteiger partial charge in [0.05, 0.1) is 0 Å². The molecule has 3 rings (SSSR count). The van der Waals surface area contributed by atoms with E-state index in [1.54, 1.807) is 19.1 Å². The van der Waals surface area contributed by atoms with Gasteiger partial charge in [-0.1, -0.05) is 60.7 Å². The third-order valence-corrected chi connectivity index (χ3v) is 5.24. The first-order chi connectivity index (χ1) is 12.5. The molecule has 1 heterocycles. The lowest BCUT2D eigenvalue weighted by Crippen LogP contribution is -2.55. The lowest BCUT2D eigenvalue weighted by atomic mass is 9.72. The summed E-state index contributed by atoms with van der Waals surface area (Å²) < 4.78 is 0. The van der Waals surface area contributed by atoms with Crippen LogP contribution in [0.5, 0.6) is 0 Å². The minimum absolute atomic E-state index is 0.155. The van der Waals surface area contributed by atoms with Crippen LogP contribution in [0.25, 0.3) is 0 Å².